The minimum absolute atomic E-state index is 0.233. The van der Waals surface area contributed by atoms with Gasteiger partial charge in [-0.05, 0) is 26.0 Å². The third-order valence-corrected chi connectivity index (χ3v) is 3.99. The van der Waals surface area contributed by atoms with E-state index in [0.717, 1.165) is 12.1 Å². The van der Waals surface area contributed by atoms with Crippen molar-refractivity contribution in [1.29, 1.82) is 0 Å². The fourth-order valence-corrected chi connectivity index (χ4v) is 2.80. The highest BCUT2D eigenvalue weighted by atomic mass is 35.5. The molecule has 2 nitrogen and oxygen atoms in total. The van der Waals surface area contributed by atoms with Crippen LogP contribution in [0.2, 0.25) is 5.02 Å². The second-order valence-corrected chi connectivity index (χ2v) is 5.36. The van der Waals surface area contributed by atoms with Gasteiger partial charge in [-0.2, -0.15) is 0 Å². The van der Waals surface area contributed by atoms with E-state index in [1.54, 1.807) is 6.07 Å². The number of para-hydroxylation sites is 1. The molecule has 1 aromatic carbocycles. The zero-order valence-electron chi connectivity index (χ0n) is 10.3. The van der Waals surface area contributed by atoms with Crippen LogP contribution in [0.5, 0.6) is 5.75 Å². The van der Waals surface area contributed by atoms with E-state index < -0.39 is 0 Å². The van der Waals surface area contributed by atoms with E-state index in [2.05, 4.69) is 11.9 Å². The molecular formula is C14H20ClNO. The van der Waals surface area contributed by atoms with Gasteiger partial charge < -0.3 is 5.11 Å². The normalized spacial score (nSPS) is 17.6. The summed E-state index contributed by atoms with van der Waals surface area (Å²) >= 11 is 5.91. The molecule has 1 aliphatic carbocycles. The molecule has 1 saturated carbocycles. The Kier molecular flexibility index (Phi) is 4.30. The average Bonchev–Trinajstić information content (AvgIpc) is 2.36. The lowest BCUT2D eigenvalue weighted by molar-refractivity contribution is 0.183. The van der Waals surface area contributed by atoms with E-state index in [1.807, 2.05) is 12.1 Å². The molecule has 0 bridgehead atoms. The molecule has 0 heterocycles. The minimum atomic E-state index is 0.233. The lowest BCUT2D eigenvalue weighted by Crippen LogP contribution is -2.32. The summed E-state index contributed by atoms with van der Waals surface area (Å²) in [7, 11) is 2.14. The van der Waals surface area contributed by atoms with Crippen molar-refractivity contribution in [3.63, 3.8) is 0 Å². The van der Waals surface area contributed by atoms with Gasteiger partial charge >= 0.3 is 0 Å². The van der Waals surface area contributed by atoms with Crippen LogP contribution in [0.25, 0.3) is 0 Å². The van der Waals surface area contributed by atoms with Gasteiger partial charge in [-0.15, -0.1) is 0 Å². The molecule has 0 amide bonds. The first-order chi connectivity index (χ1) is 8.18. The molecule has 0 spiro atoms. The molecule has 2 rings (SSSR count). The van der Waals surface area contributed by atoms with Crippen LogP contribution >= 0.6 is 11.6 Å². The Morgan fingerprint density at radius 3 is 2.71 bits per heavy atom. The summed E-state index contributed by atoms with van der Waals surface area (Å²) in [6.07, 6.45) is 6.58. The van der Waals surface area contributed by atoms with Crippen molar-refractivity contribution < 1.29 is 5.11 Å². The van der Waals surface area contributed by atoms with E-state index in [9.17, 15) is 5.11 Å². The van der Waals surface area contributed by atoms with Crippen molar-refractivity contribution >= 4 is 11.6 Å². The highest BCUT2D eigenvalue weighted by molar-refractivity contribution is 6.32. The van der Waals surface area contributed by atoms with Gasteiger partial charge in [-0.1, -0.05) is 43.0 Å². The first-order valence-corrected chi connectivity index (χ1v) is 6.73. The van der Waals surface area contributed by atoms with Crippen LogP contribution in [-0.4, -0.2) is 23.1 Å². The summed E-state index contributed by atoms with van der Waals surface area (Å²) in [5, 5.41) is 10.3. The molecule has 0 aliphatic heterocycles. The Morgan fingerprint density at radius 2 is 2.00 bits per heavy atom. The zero-order valence-corrected chi connectivity index (χ0v) is 11.1. The zero-order chi connectivity index (χ0) is 12.3. The van der Waals surface area contributed by atoms with E-state index >= 15 is 0 Å². The number of hydrogen-bond donors (Lipinski definition) is 1. The van der Waals surface area contributed by atoms with Crippen LogP contribution in [0.3, 0.4) is 0 Å². The predicted octanol–water partition coefficient (Wildman–Crippen LogP) is 3.81. The Hall–Kier alpha value is -0.730. The maximum absolute atomic E-state index is 9.89. The number of phenolic OH excluding ortho intramolecular Hbond substituents is 1. The highest BCUT2D eigenvalue weighted by Crippen LogP contribution is 2.29. The van der Waals surface area contributed by atoms with Crippen LogP contribution in [0.1, 0.15) is 37.7 Å². The van der Waals surface area contributed by atoms with E-state index in [-0.39, 0.29) is 5.75 Å². The molecule has 0 radical (unpaired) electrons. The Morgan fingerprint density at radius 1 is 1.29 bits per heavy atom. The fraction of sp³-hybridized carbons (Fsp3) is 0.571. The molecule has 1 aromatic rings. The number of hydrogen-bond acceptors (Lipinski definition) is 2. The fourth-order valence-electron chi connectivity index (χ4n) is 2.61. The van der Waals surface area contributed by atoms with Gasteiger partial charge in [0.25, 0.3) is 0 Å². The van der Waals surface area contributed by atoms with E-state index in [1.165, 1.54) is 32.1 Å². The largest absolute Gasteiger partial charge is 0.506 e. The van der Waals surface area contributed by atoms with Gasteiger partial charge in [-0.3, -0.25) is 4.90 Å². The topological polar surface area (TPSA) is 23.5 Å². The Labute approximate surface area is 108 Å². The van der Waals surface area contributed by atoms with Gasteiger partial charge in [0, 0.05) is 18.2 Å². The molecule has 1 fully saturated rings. The van der Waals surface area contributed by atoms with Gasteiger partial charge in [0.15, 0.2) is 0 Å². The Bertz CT molecular complexity index is 374. The van der Waals surface area contributed by atoms with Crippen LogP contribution in [-0.2, 0) is 6.54 Å². The first-order valence-electron chi connectivity index (χ1n) is 6.35. The number of nitrogens with zero attached hydrogens (tertiary/aromatic N) is 1. The van der Waals surface area contributed by atoms with Crippen LogP contribution in [0.15, 0.2) is 18.2 Å². The second kappa shape index (κ2) is 5.74. The van der Waals surface area contributed by atoms with Crippen molar-refractivity contribution in [3.8, 4) is 5.75 Å². The third-order valence-electron chi connectivity index (χ3n) is 3.69. The van der Waals surface area contributed by atoms with Crippen molar-refractivity contribution in [2.45, 2.75) is 44.7 Å². The van der Waals surface area contributed by atoms with Crippen molar-refractivity contribution in [2.24, 2.45) is 0 Å². The average molecular weight is 254 g/mol. The lowest BCUT2D eigenvalue weighted by atomic mass is 9.94. The standard InChI is InChI=1S/C14H20ClNO/c1-16(12-7-3-2-4-8-12)10-11-6-5-9-13(15)14(11)17/h5-6,9,12,17H,2-4,7-8,10H2,1H3. The maximum Gasteiger partial charge on any atom is 0.138 e. The van der Waals surface area contributed by atoms with Crippen LogP contribution < -0.4 is 0 Å². The predicted molar refractivity (Wildman–Crippen MR) is 71.5 cm³/mol. The molecule has 94 valence electrons. The molecule has 17 heavy (non-hydrogen) atoms. The van der Waals surface area contributed by atoms with E-state index in [0.29, 0.717) is 11.1 Å². The highest BCUT2D eigenvalue weighted by Gasteiger charge is 2.19. The summed E-state index contributed by atoms with van der Waals surface area (Å²) in [6.45, 7) is 0.775. The minimum Gasteiger partial charge on any atom is -0.506 e. The summed E-state index contributed by atoms with van der Waals surface area (Å²) in [5.41, 5.74) is 0.922. The summed E-state index contributed by atoms with van der Waals surface area (Å²) in [6, 6.07) is 6.22. The van der Waals surface area contributed by atoms with Crippen molar-refractivity contribution in [1.82, 2.24) is 4.90 Å². The third kappa shape index (κ3) is 3.14. The van der Waals surface area contributed by atoms with Crippen LogP contribution in [0, 0.1) is 0 Å². The van der Waals surface area contributed by atoms with Crippen LogP contribution in [0.4, 0.5) is 0 Å². The van der Waals surface area contributed by atoms with Gasteiger partial charge in [0.05, 0.1) is 5.02 Å². The van der Waals surface area contributed by atoms with Gasteiger partial charge in [-0.25, -0.2) is 0 Å². The van der Waals surface area contributed by atoms with Crippen molar-refractivity contribution in [3.05, 3.63) is 28.8 Å². The molecule has 3 heteroatoms. The number of phenols is 1. The molecule has 0 saturated heterocycles. The van der Waals surface area contributed by atoms with Gasteiger partial charge in [0.1, 0.15) is 5.75 Å². The summed E-state index contributed by atoms with van der Waals surface area (Å²) < 4.78 is 0. The SMILES string of the molecule is CN(Cc1cccc(Cl)c1O)C1CCCCC1. The van der Waals surface area contributed by atoms with Gasteiger partial charge in [0.2, 0.25) is 0 Å². The van der Waals surface area contributed by atoms with E-state index in [4.69, 9.17) is 11.6 Å². The molecule has 1 N–H and O–H groups in total. The molecule has 0 aromatic heterocycles. The lowest BCUT2D eigenvalue weighted by Gasteiger charge is -2.31. The number of benzene rings is 1. The monoisotopic (exact) mass is 253 g/mol. The van der Waals surface area contributed by atoms with Crippen molar-refractivity contribution in [2.75, 3.05) is 7.05 Å². The molecule has 1 aliphatic rings. The number of aromatic hydroxyl groups is 1. The smallest absolute Gasteiger partial charge is 0.138 e. The summed E-state index contributed by atoms with van der Waals surface area (Å²) in [4.78, 5) is 2.34. The quantitative estimate of drug-likeness (QED) is 0.886. The molecule has 0 unspecified atom stereocenters. The Balaban J connectivity index is 2.01. The molecule has 0 atom stereocenters. The number of rotatable bonds is 3. The number of halogens is 1. The first kappa shape index (κ1) is 12.7. The maximum atomic E-state index is 9.89. The second-order valence-electron chi connectivity index (χ2n) is 4.95. The summed E-state index contributed by atoms with van der Waals surface area (Å²) in [5.74, 6) is 0.233. The molecular weight excluding hydrogens is 234 g/mol.